The minimum atomic E-state index is 0.904. The lowest BCUT2D eigenvalue weighted by molar-refractivity contribution is 0.314. The van der Waals surface area contributed by atoms with Crippen LogP contribution in [0, 0.1) is 0 Å². The molecule has 72 valence electrons. The van der Waals surface area contributed by atoms with E-state index in [1.54, 1.807) is 0 Å². The highest BCUT2D eigenvalue weighted by atomic mass is 32.1. The van der Waals surface area contributed by atoms with E-state index in [1.165, 1.54) is 15.6 Å². The van der Waals surface area contributed by atoms with Gasteiger partial charge in [0.1, 0.15) is 5.01 Å². The highest BCUT2D eigenvalue weighted by Crippen LogP contribution is 2.24. The predicted octanol–water partition coefficient (Wildman–Crippen LogP) is 0.850. The fourth-order valence-corrected chi connectivity index (χ4v) is 2.81. The van der Waals surface area contributed by atoms with E-state index >= 15 is 0 Å². The molecule has 2 heterocycles. The second-order valence-corrected chi connectivity index (χ2v) is 4.66. The van der Waals surface area contributed by atoms with Gasteiger partial charge in [-0.25, -0.2) is 4.98 Å². The van der Waals surface area contributed by atoms with Crippen molar-refractivity contribution < 1.29 is 0 Å². The molecule has 0 saturated carbocycles. The van der Waals surface area contributed by atoms with Crippen LogP contribution in [0.5, 0.6) is 0 Å². The first-order chi connectivity index (χ1) is 6.29. The summed E-state index contributed by atoms with van der Waals surface area (Å²) < 4.78 is 0. The van der Waals surface area contributed by atoms with Crippen LogP contribution in [0.4, 0.5) is 0 Å². The summed E-state index contributed by atoms with van der Waals surface area (Å²) in [7, 11) is 4.13. The summed E-state index contributed by atoms with van der Waals surface area (Å²) in [6.07, 6.45) is 1.12. The zero-order valence-electron chi connectivity index (χ0n) is 8.13. The van der Waals surface area contributed by atoms with Crippen molar-refractivity contribution >= 4 is 11.3 Å². The quantitative estimate of drug-likeness (QED) is 0.762. The summed E-state index contributed by atoms with van der Waals surface area (Å²) in [5, 5.41) is 4.36. The number of nitrogens with one attached hydrogen (secondary N) is 1. The fraction of sp³-hybridized carbons (Fsp3) is 0.667. The van der Waals surface area contributed by atoms with Crippen LogP contribution in [0.3, 0.4) is 0 Å². The average Bonchev–Trinajstić information content (AvgIpc) is 2.46. The van der Waals surface area contributed by atoms with Crippen molar-refractivity contribution in [3.63, 3.8) is 0 Å². The molecule has 0 bridgehead atoms. The summed E-state index contributed by atoms with van der Waals surface area (Å²) in [6, 6.07) is 0. The molecule has 0 amide bonds. The van der Waals surface area contributed by atoms with Crippen LogP contribution in [0.1, 0.15) is 15.6 Å². The van der Waals surface area contributed by atoms with Crippen molar-refractivity contribution in [1.82, 2.24) is 15.2 Å². The minimum Gasteiger partial charge on any atom is -0.314 e. The third-order valence-corrected chi connectivity index (χ3v) is 3.38. The van der Waals surface area contributed by atoms with Crippen molar-refractivity contribution in [2.45, 2.75) is 19.5 Å². The molecule has 0 spiro atoms. The van der Waals surface area contributed by atoms with Crippen molar-refractivity contribution in [2.75, 3.05) is 20.6 Å². The van der Waals surface area contributed by atoms with Crippen LogP contribution >= 0.6 is 11.3 Å². The van der Waals surface area contributed by atoms with Gasteiger partial charge in [0.25, 0.3) is 0 Å². The number of rotatable bonds is 2. The summed E-state index contributed by atoms with van der Waals surface area (Å²) in [6.45, 7) is 3.13. The molecule has 0 saturated heterocycles. The Bertz CT molecular complexity index is 295. The Balaban J connectivity index is 2.18. The SMILES string of the molecule is CNCc1nc2c(s1)CN(C)CC2. The maximum absolute atomic E-state index is 4.60. The number of hydrogen-bond donors (Lipinski definition) is 1. The van der Waals surface area contributed by atoms with Crippen LogP contribution in [-0.2, 0) is 19.5 Å². The number of thiazole rings is 1. The maximum atomic E-state index is 4.60. The number of likely N-dealkylation sites (N-methyl/N-ethyl adjacent to an activating group) is 1. The molecule has 0 radical (unpaired) electrons. The molecule has 1 N–H and O–H groups in total. The molecule has 0 aliphatic carbocycles. The van der Waals surface area contributed by atoms with Gasteiger partial charge < -0.3 is 10.2 Å². The molecule has 4 heteroatoms. The molecule has 3 nitrogen and oxygen atoms in total. The molecule has 1 aromatic rings. The molecule has 13 heavy (non-hydrogen) atoms. The largest absolute Gasteiger partial charge is 0.314 e. The van der Waals surface area contributed by atoms with E-state index in [0.717, 1.165) is 26.1 Å². The Kier molecular flexibility index (Phi) is 2.62. The first-order valence-corrected chi connectivity index (χ1v) is 5.42. The lowest BCUT2D eigenvalue weighted by Crippen LogP contribution is -2.25. The zero-order chi connectivity index (χ0) is 9.26. The summed E-state index contributed by atoms with van der Waals surface area (Å²) in [4.78, 5) is 8.41. The second-order valence-electron chi connectivity index (χ2n) is 3.50. The molecule has 0 atom stereocenters. The van der Waals surface area contributed by atoms with Crippen LogP contribution in [-0.4, -0.2) is 30.5 Å². The van der Waals surface area contributed by atoms with Gasteiger partial charge in [0.2, 0.25) is 0 Å². The van der Waals surface area contributed by atoms with Gasteiger partial charge >= 0.3 is 0 Å². The van der Waals surface area contributed by atoms with Crippen molar-refractivity contribution in [2.24, 2.45) is 0 Å². The topological polar surface area (TPSA) is 28.2 Å². The highest BCUT2D eigenvalue weighted by Gasteiger charge is 2.17. The lowest BCUT2D eigenvalue weighted by Gasteiger charge is -2.20. The van der Waals surface area contributed by atoms with E-state index in [1.807, 2.05) is 18.4 Å². The van der Waals surface area contributed by atoms with Crippen LogP contribution in [0.2, 0.25) is 0 Å². The van der Waals surface area contributed by atoms with Gasteiger partial charge in [-0.3, -0.25) is 0 Å². The van der Waals surface area contributed by atoms with Crippen molar-refractivity contribution in [1.29, 1.82) is 0 Å². The Morgan fingerprint density at radius 2 is 2.46 bits per heavy atom. The molecule has 1 aliphatic heterocycles. The molecule has 0 unspecified atom stereocenters. The third-order valence-electron chi connectivity index (χ3n) is 2.29. The molecule has 1 aromatic heterocycles. The second kappa shape index (κ2) is 3.74. The monoisotopic (exact) mass is 197 g/mol. The molecule has 2 rings (SSSR count). The average molecular weight is 197 g/mol. The molecule has 0 fully saturated rings. The first-order valence-electron chi connectivity index (χ1n) is 4.60. The van der Waals surface area contributed by atoms with Gasteiger partial charge in [-0.2, -0.15) is 0 Å². The normalized spacial score (nSPS) is 17.4. The Morgan fingerprint density at radius 3 is 3.23 bits per heavy atom. The first kappa shape index (κ1) is 9.12. The van der Waals surface area contributed by atoms with E-state index < -0.39 is 0 Å². The number of aromatic nitrogens is 1. The number of fused-ring (bicyclic) bond motifs is 1. The van der Waals surface area contributed by atoms with Crippen LogP contribution < -0.4 is 5.32 Å². The van der Waals surface area contributed by atoms with E-state index in [2.05, 4.69) is 22.2 Å². The summed E-state index contributed by atoms with van der Waals surface area (Å²) >= 11 is 1.85. The summed E-state index contributed by atoms with van der Waals surface area (Å²) in [5.41, 5.74) is 1.33. The predicted molar refractivity (Wildman–Crippen MR) is 54.9 cm³/mol. The zero-order valence-corrected chi connectivity index (χ0v) is 8.95. The lowest BCUT2D eigenvalue weighted by atomic mass is 10.2. The highest BCUT2D eigenvalue weighted by molar-refractivity contribution is 7.11. The van der Waals surface area contributed by atoms with Crippen molar-refractivity contribution in [3.05, 3.63) is 15.6 Å². The molecular formula is C9H15N3S. The van der Waals surface area contributed by atoms with Crippen LogP contribution in [0.15, 0.2) is 0 Å². The maximum Gasteiger partial charge on any atom is 0.107 e. The van der Waals surface area contributed by atoms with E-state index in [4.69, 9.17) is 0 Å². The van der Waals surface area contributed by atoms with Crippen LogP contribution in [0.25, 0.3) is 0 Å². The van der Waals surface area contributed by atoms with E-state index in [0.29, 0.717) is 0 Å². The Labute approximate surface area is 82.8 Å². The Hall–Kier alpha value is -0.450. The number of hydrogen-bond acceptors (Lipinski definition) is 4. The van der Waals surface area contributed by atoms with Gasteiger partial charge in [-0.1, -0.05) is 0 Å². The van der Waals surface area contributed by atoms with Gasteiger partial charge in [-0.05, 0) is 14.1 Å². The molecular weight excluding hydrogens is 182 g/mol. The van der Waals surface area contributed by atoms with E-state index in [9.17, 15) is 0 Å². The molecule has 1 aliphatic rings. The third kappa shape index (κ3) is 1.90. The van der Waals surface area contributed by atoms with Crippen molar-refractivity contribution in [3.8, 4) is 0 Å². The van der Waals surface area contributed by atoms with E-state index in [-0.39, 0.29) is 0 Å². The van der Waals surface area contributed by atoms with Gasteiger partial charge in [-0.15, -0.1) is 11.3 Å². The Morgan fingerprint density at radius 1 is 1.62 bits per heavy atom. The summed E-state index contributed by atoms with van der Waals surface area (Å²) in [5.74, 6) is 0. The van der Waals surface area contributed by atoms with Gasteiger partial charge in [0.15, 0.2) is 0 Å². The molecule has 0 aromatic carbocycles. The minimum absolute atomic E-state index is 0.904. The standard InChI is InChI=1S/C9H15N3S/c1-10-5-9-11-7-3-4-12(2)6-8(7)13-9/h10H,3-6H2,1-2H3. The van der Waals surface area contributed by atoms with Gasteiger partial charge in [0.05, 0.1) is 5.69 Å². The smallest absolute Gasteiger partial charge is 0.107 e. The van der Waals surface area contributed by atoms with Gasteiger partial charge in [0, 0.05) is 30.9 Å². The number of nitrogens with zero attached hydrogens (tertiary/aromatic N) is 2. The fourth-order valence-electron chi connectivity index (χ4n) is 1.60.